The lowest BCUT2D eigenvalue weighted by Gasteiger charge is -2.33. The van der Waals surface area contributed by atoms with Gasteiger partial charge in [0.1, 0.15) is 0 Å². The minimum Gasteiger partial charge on any atom is -0.260 e. The van der Waals surface area contributed by atoms with E-state index in [-0.39, 0.29) is 6.54 Å². The molecule has 0 aliphatic carbocycles. The van der Waals surface area contributed by atoms with Gasteiger partial charge in [0.2, 0.25) is 0 Å². The van der Waals surface area contributed by atoms with Crippen molar-refractivity contribution in [2.75, 3.05) is 0 Å². The second-order valence-corrected chi connectivity index (χ2v) is 8.31. The van der Waals surface area contributed by atoms with E-state index in [9.17, 15) is 8.42 Å². The molecule has 0 fully saturated rings. The zero-order valence-electron chi connectivity index (χ0n) is 13.6. The van der Waals surface area contributed by atoms with Crippen molar-refractivity contribution in [2.45, 2.75) is 25.9 Å². The Balaban J connectivity index is 1.97. The van der Waals surface area contributed by atoms with Gasteiger partial charge in [0.25, 0.3) is 0 Å². The Morgan fingerprint density at radius 2 is 1.84 bits per heavy atom. The van der Waals surface area contributed by atoms with Crippen molar-refractivity contribution in [1.29, 1.82) is 0 Å². The number of benzene rings is 2. The van der Waals surface area contributed by atoms with Crippen LogP contribution in [0.15, 0.2) is 60.3 Å². The minimum atomic E-state index is -3.67. The van der Waals surface area contributed by atoms with Gasteiger partial charge in [-0.15, -0.1) is 0 Å². The first kappa shape index (κ1) is 18.3. The Hall–Kier alpha value is -1.53. The summed E-state index contributed by atoms with van der Waals surface area (Å²) in [6.45, 7) is 2.27. The average Bonchev–Trinajstić information content (AvgIpc) is 2.57. The molecule has 2 aromatic rings. The van der Waals surface area contributed by atoms with Crippen LogP contribution in [0.2, 0.25) is 10.0 Å². The molecule has 1 unspecified atom stereocenters. The normalized spacial score (nSPS) is 19.6. The van der Waals surface area contributed by atoms with E-state index >= 15 is 0 Å². The van der Waals surface area contributed by atoms with Crippen LogP contribution in [-0.2, 0) is 16.8 Å². The molecule has 132 valence electrons. The summed E-state index contributed by atoms with van der Waals surface area (Å²) in [4.78, 5) is 0. The molecule has 1 N–H and O–H groups in total. The van der Waals surface area contributed by atoms with Gasteiger partial charge in [-0.1, -0.05) is 66.5 Å². The standard InChI is InChI=1S/C18H18Cl2N2O2S/c1-2-14-12-22(11-13-6-4-3-5-7-13)25(23,24)21-18(14)16-9-8-15(19)10-17(16)20/h3-10,12,18,21H,2,11H2,1H3. The van der Waals surface area contributed by atoms with Gasteiger partial charge in [-0.2, -0.15) is 13.1 Å². The van der Waals surface area contributed by atoms with E-state index < -0.39 is 16.3 Å². The van der Waals surface area contributed by atoms with Gasteiger partial charge < -0.3 is 0 Å². The third-order valence-corrected chi connectivity index (χ3v) is 6.07. The highest BCUT2D eigenvalue weighted by Gasteiger charge is 2.32. The van der Waals surface area contributed by atoms with Crippen molar-refractivity contribution in [3.63, 3.8) is 0 Å². The molecule has 1 heterocycles. The molecule has 3 rings (SSSR count). The maximum atomic E-state index is 12.7. The number of rotatable bonds is 4. The molecule has 4 nitrogen and oxygen atoms in total. The average molecular weight is 397 g/mol. The van der Waals surface area contributed by atoms with Crippen LogP contribution in [0.4, 0.5) is 0 Å². The van der Waals surface area contributed by atoms with Gasteiger partial charge in [-0.05, 0) is 35.3 Å². The highest BCUT2D eigenvalue weighted by atomic mass is 35.5. The second kappa shape index (κ2) is 7.38. The van der Waals surface area contributed by atoms with E-state index in [2.05, 4.69) is 4.72 Å². The fourth-order valence-electron chi connectivity index (χ4n) is 2.81. The molecule has 0 amide bonds. The quantitative estimate of drug-likeness (QED) is 0.815. The summed E-state index contributed by atoms with van der Waals surface area (Å²) in [7, 11) is -3.67. The third-order valence-electron chi connectivity index (χ3n) is 4.12. The molecular weight excluding hydrogens is 379 g/mol. The lowest BCUT2D eigenvalue weighted by atomic mass is 9.98. The second-order valence-electron chi connectivity index (χ2n) is 5.81. The van der Waals surface area contributed by atoms with Crippen molar-refractivity contribution in [2.24, 2.45) is 0 Å². The molecular formula is C18H18Cl2N2O2S. The molecule has 2 aromatic carbocycles. The first-order valence-electron chi connectivity index (χ1n) is 7.89. The first-order valence-corrected chi connectivity index (χ1v) is 10.1. The number of hydrogen-bond donors (Lipinski definition) is 1. The predicted octanol–water partition coefficient (Wildman–Crippen LogP) is 4.68. The van der Waals surface area contributed by atoms with Crippen molar-refractivity contribution in [3.8, 4) is 0 Å². The molecule has 0 saturated heterocycles. The summed E-state index contributed by atoms with van der Waals surface area (Å²) in [5.41, 5.74) is 2.56. The smallest absolute Gasteiger partial charge is 0.260 e. The van der Waals surface area contributed by atoms with E-state index in [1.807, 2.05) is 37.3 Å². The zero-order valence-corrected chi connectivity index (χ0v) is 15.9. The molecule has 0 saturated carbocycles. The summed E-state index contributed by atoms with van der Waals surface area (Å²) >= 11 is 12.2. The largest absolute Gasteiger partial charge is 0.302 e. The van der Waals surface area contributed by atoms with Gasteiger partial charge in [0, 0.05) is 16.2 Å². The molecule has 25 heavy (non-hydrogen) atoms. The Morgan fingerprint density at radius 3 is 2.48 bits per heavy atom. The Labute approximate surface area is 158 Å². The van der Waals surface area contributed by atoms with Crippen LogP contribution in [0.1, 0.15) is 30.5 Å². The highest BCUT2D eigenvalue weighted by Crippen LogP contribution is 2.35. The van der Waals surface area contributed by atoms with E-state index in [4.69, 9.17) is 23.2 Å². The zero-order chi connectivity index (χ0) is 18.0. The minimum absolute atomic E-state index is 0.279. The molecule has 1 atom stereocenters. The fraction of sp³-hybridized carbons (Fsp3) is 0.222. The van der Waals surface area contributed by atoms with E-state index in [1.54, 1.807) is 24.4 Å². The lowest BCUT2D eigenvalue weighted by molar-refractivity contribution is 0.451. The summed E-state index contributed by atoms with van der Waals surface area (Å²) in [6, 6.07) is 14.1. The SMILES string of the molecule is CCC1=CN(Cc2ccccc2)S(=O)(=O)NC1c1ccc(Cl)cc1Cl. The van der Waals surface area contributed by atoms with E-state index in [1.165, 1.54) is 4.31 Å². The van der Waals surface area contributed by atoms with Crippen molar-refractivity contribution in [1.82, 2.24) is 9.03 Å². The van der Waals surface area contributed by atoms with Crippen LogP contribution < -0.4 is 4.72 Å². The molecule has 7 heteroatoms. The molecule has 0 bridgehead atoms. The molecule has 0 radical (unpaired) electrons. The monoisotopic (exact) mass is 396 g/mol. The summed E-state index contributed by atoms with van der Waals surface area (Å²) < 4.78 is 29.5. The van der Waals surface area contributed by atoms with Crippen LogP contribution in [0.3, 0.4) is 0 Å². The maximum absolute atomic E-state index is 12.7. The predicted molar refractivity (Wildman–Crippen MR) is 102 cm³/mol. The van der Waals surface area contributed by atoms with Gasteiger partial charge in [0.15, 0.2) is 0 Å². The van der Waals surface area contributed by atoms with Gasteiger partial charge >= 0.3 is 10.2 Å². The van der Waals surface area contributed by atoms with Crippen molar-refractivity contribution >= 4 is 33.4 Å². The Bertz CT molecular complexity index is 899. The van der Waals surface area contributed by atoms with E-state index in [0.29, 0.717) is 22.0 Å². The van der Waals surface area contributed by atoms with Crippen molar-refractivity contribution < 1.29 is 8.42 Å². The highest BCUT2D eigenvalue weighted by molar-refractivity contribution is 7.87. The first-order chi connectivity index (χ1) is 11.9. The van der Waals surface area contributed by atoms with Crippen LogP contribution in [0, 0.1) is 0 Å². The van der Waals surface area contributed by atoms with Gasteiger partial charge in [-0.25, -0.2) is 0 Å². The molecule has 1 aliphatic rings. The Kier molecular flexibility index (Phi) is 5.39. The summed E-state index contributed by atoms with van der Waals surface area (Å²) in [5, 5.41) is 0.955. The van der Waals surface area contributed by atoms with Crippen LogP contribution in [-0.4, -0.2) is 12.7 Å². The maximum Gasteiger partial charge on any atom is 0.302 e. The number of hydrogen-bond acceptors (Lipinski definition) is 2. The number of nitrogens with one attached hydrogen (secondary N) is 1. The van der Waals surface area contributed by atoms with E-state index in [0.717, 1.165) is 11.1 Å². The van der Waals surface area contributed by atoms with Crippen LogP contribution >= 0.6 is 23.2 Å². The third kappa shape index (κ3) is 4.01. The summed E-state index contributed by atoms with van der Waals surface area (Å²) in [6.07, 6.45) is 2.39. The fourth-order valence-corrected chi connectivity index (χ4v) is 4.63. The number of halogens is 2. The lowest BCUT2D eigenvalue weighted by Crippen LogP contribution is -2.44. The van der Waals surface area contributed by atoms with Crippen molar-refractivity contribution in [3.05, 3.63) is 81.5 Å². The van der Waals surface area contributed by atoms with Gasteiger partial charge in [-0.3, -0.25) is 4.31 Å². The van der Waals surface area contributed by atoms with Crippen LogP contribution in [0.5, 0.6) is 0 Å². The Morgan fingerprint density at radius 1 is 1.12 bits per heavy atom. The van der Waals surface area contributed by atoms with Crippen LogP contribution in [0.25, 0.3) is 0 Å². The molecule has 0 spiro atoms. The number of nitrogens with zero attached hydrogens (tertiary/aromatic N) is 1. The molecule has 0 aromatic heterocycles. The van der Waals surface area contributed by atoms with Gasteiger partial charge in [0.05, 0.1) is 12.6 Å². The topological polar surface area (TPSA) is 49.4 Å². The molecule has 1 aliphatic heterocycles. The summed E-state index contributed by atoms with van der Waals surface area (Å²) in [5.74, 6) is 0.